The van der Waals surface area contributed by atoms with Gasteiger partial charge in [-0.15, -0.1) is 0 Å². The number of hydrogen-bond acceptors (Lipinski definition) is 2. The molecule has 0 heterocycles. The molecule has 0 aliphatic carbocycles. The number of rotatable bonds is 3. The van der Waals surface area contributed by atoms with Gasteiger partial charge in [0, 0.05) is 10.9 Å². The lowest BCUT2D eigenvalue weighted by Gasteiger charge is -2.08. The van der Waals surface area contributed by atoms with E-state index < -0.39 is 6.10 Å². The van der Waals surface area contributed by atoms with E-state index in [1.807, 2.05) is 43.3 Å². The van der Waals surface area contributed by atoms with Crippen LogP contribution in [0.2, 0.25) is 5.02 Å². The van der Waals surface area contributed by atoms with E-state index in [0.717, 1.165) is 5.56 Å². The lowest BCUT2D eigenvalue weighted by atomic mass is 10.1. The van der Waals surface area contributed by atoms with Gasteiger partial charge in [-0.2, -0.15) is 0 Å². The second-order valence-corrected chi connectivity index (χ2v) is 5.29. The molecule has 0 aromatic heterocycles. The molecule has 2 rings (SSSR count). The van der Waals surface area contributed by atoms with Crippen molar-refractivity contribution in [3.05, 3.63) is 59.1 Å². The van der Waals surface area contributed by atoms with Crippen molar-refractivity contribution in [3.63, 3.8) is 0 Å². The highest BCUT2D eigenvalue weighted by molar-refractivity contribution is 6.30. The van der Waals surface area contributed by atoms with E-state index in [4.69, 9.17) is 16.3 Å². The molecule has 21 heavy (non-hydrogen) atoms. The Balaban J connectivity index is 2.22. The maximum Gasteiger partial charge on any atom is 0.143 e. The van der Waals surface area contributed by atoms with Crippen molar-refractivity contribution in [1.82, 2.24) is 0 Å². The summed E-state index contributed by atoms with van der Waals surface area (Å²) < 4.78 is 5.83. The van der Waals surface area contributed by atoms with Crippen LogP contribution in [0.15, 0.2) is 48.5 Å². The molecule has 0 amide bonds. The molecular formula is C18H17ClO2. The topological polar surface area (TPSA) is 29.5 Å². The lowest BCUT2D eigenvalue weighted by Crippen LogP contribution is -2.10. The summed E-state index contributed by atoms with van der Waals surface area (Å²) in [6.45, 7) is 3.62. The van der Waals surface area contributed by atoms with Crippen molar-refractivity contribution in [3.8, 4) is 23.3 Å². The van der Waals surface area contributed by atoms with Gasteiger partial charge in [-0.25, -0.2) is 0 Å². The van der Waals surface area contributed by atoms with Gasteiger partial charge in [0.2, 0.25) is 0 Å². The highest BCUT2D eigenvalue weighted by atomic mass is 35.5. The van der Waals surface area contributed by atoms with Crippen LogP contribution in [-0.2, 0) is 0 Å². The predicted octanol–water partition coefficient (Wildman–Crippen LogP) is 4.50. The zero-order chi connectivity index (χ0) is 15.2. The summed E-state index contributed by atoms with van der Waals surface area (Å²) >= 11 is 5.86. The number of para-hydroxylation sites is 1. The van der Waals surface area contributed by atoms with Gasteiger partial charge < -0.3 is 9.84 Å². The van der Waals surface area contributed by atoms with Gasteiger partial charge in [-0.05, 0) is 50.2 Å². The molecule has 1 N–H and O–H groups in total. The van der Waals surface area contributed by atoms with E-state index in [9.17, 15) is 5.11 Å². The smallest absolute Gasteiger partial charge is 0.143 e. The molecule has 3 heteroatoms. The molecule has 2 aromatic carbocycles. The average molecular weight is 301 g/mol. The number of hydrogen-bond donors (Lipinski definition) is 1. The second kappa shape index (κ2) is 7.17. The Morgan fingerprint density at radius 2 is 1.71 bits per heavy atom. The van der Waals surface area contributed by atoms with Crippen LogP contribution in [0.1, 0.15) is 19.4 Å². The molecule has 0 spiro atoms. The number of benzene rings is 2. The number of aliphatic hydroxyl groups excluding tert-OH is 1. The van der Waals surface area contributed by atoms with Gasteiger partial charge in [0.05, 0.1) is 11.7 Å². The van der Waals surface area contributed by atoms with Gasteiger partial charge in [0.25, 0.3) is 0 Å². The van der Waals surface area contributed by atoms with Crippen LogP contribution in [0.3, 0.4) is 0 Å². The van der Waals surface area contributed by atoms with E-state index in [0.29, 0.717) is 16.5 Å². The summed E-state index contributed by atoms with van der Waals surface area (Å²) in [6.07, 6.45) is -0.457. The van der Waals surface area contributed by atoms with Gasteiger partial charge in [-0.3, -0.25) is 0 Å². The molecule has 0 aliphatic heterocycles. The highest BCUT2D eigenvalue weighted by Gasteiger charge is 2.05. The van der Waals surface area contributed by atoms with Gasteiger partial charge >= 0.3 is 0 Å². The van der Waals surface area contributed by atoms with Crippen LogP contribution in [0.4, 0.5) is 0 Å². The molecule has 2 aromatic rings. The Kier molecular flexibility index (Phi) is 5.27. The molecule has 0 saturated carbocycles. The lowest BCUT2D eigenvalue weighted by molar-refractivity contribution is 0.161. The first-order chi connectivity index (χ1) is 10.1. The SMILES string of the molecule is CC(O)C(C)C#Cc1ccccc1Oc1ccc(Cl)cc1. The van der Waals surface area contributed by atoms with Crippen molar-refractivity contribution >= 4 is 11.6 Å². The minimum Gasteiger partial charge on any atom is -0.456 e. The molecule has 0 bridgehead atoms. The summed E-state index contributed by atoms with van der Waals surface area (Å²) in [7, 11) is 0. The number of halogens is 1. The largest absolute Gasteiger partial charge is 0.456 e. The van der Waals surface area contributed by atoms with Crippen LogP contribution in [0.5, 0.6) is 11.5 Å². The van der Waals surface area contributed by atoms with Crippen molar-refractivity contribution in [2.45, 2.75) is 20.0 Å². The van der Waals surface area contributed by atoms with Crippen molar-refractivity contribution < 1.29 is 9.84 Å². The normalized spacial score (nSPS) is 13.0. The van der Waals surface area contributed by atoms with Gasteiger partial charge in [0.15, 0.2) is 0 Å². The third-order valence-electron chi connectivity index (χ3n) is 3.09. The Hall–Kier alpha value is -1.95. The first kappa shape index (κ1) is 15.4. The zero-order valence-electron chi connectivity index (χ0n) is 12.0. The first-order valence-corrected chi connectivity index (χ1v) is 7.16. The van der Waals surface area contributed by atoms with E-state index in [1.165, 1.54) is 0 Å². The van der Waals surface area contributed by atoms with E-state index in [2.05, 4.69) is 11.8 Å². The summed E-state index contributed by atoms with van der Waals surface area (Å²) in [5, 5.41) is 10.2. The Morgan fingerprint density at radius 3 is 2.38 bits per heavy atom. The van der Waals surface area contributed by atoms with E-state index in [-0.39, 0.29) is 5.92 Å². The molecule has 0 saturated heterocycles. The van der Waals surface area contributed by atoms with Crippen LogP contribution in [-0.4, -0.2) is 11.2 Å². The fourth-order valence-corrected chi connectivity index (χ4v) is 1.73. The third kappa shape index (κ3) is 4.53. The van der Waals surface area contributed by atoms with Crippen molar-refractivity contribution in [1.29, 1.82) is 0 Å². The highest BCUT2D eigenvalue weighted by Crippen LogP contribution is 2.25. The quantitative estimate of drug-likeness (QED) is 0.846. The standard InChI is InChI=1S/C18H17ClO2/c1-13(14(2)20)7-8-15-5-3-4-6-18(15)21-17-11-9-16(19)10-12-17/h3-6,9-14,20H,1-2H3. The summed E-state index contributed by atoms with van der Waals surface area (Å²) in [5.74, 6) is 7.40. The summed E-state index contributed by atoms with van der Waals surface area (Å²) in [4.78, 5) is 0. The molecule has 2 nitrogen and oxygen atoms in total. The van der Waals surface area contributed by atoms with Crippen LogP contribution in [0.25, 0.3) is 0 Å². The predicted molar refractivity (Wildman–Crippen MR) is 85.7 cm³/mol. The molecule has 0 aliphatic rings. The Bertz CT molecular complexity index is 651. The molecule has 2 unspecified atom stereocenters. The number of aliphatic hydroxyl groups is 1. The average Bonchev–Trinajstić information content (AvgIpc) is 2.48. The fraction of sp³-hybridized carbons (Fsp3) is 0.222. The summed E-state index contributed by atoms with van der Waals surface area (Å²) in [5.41, 5.74) is 0.792. The van der Waals surface area contributed by atoms with E-state index >= 15 is 0 Å². The van der Waals surface area contributed by atoms with Gasteiger partial charge in [-0.1, -0.05) is 35.6 Å². The number of ether oxygens (including phenoxy) is 1. The third-order valence-corrected chi connectivity index (χ3v) is 3.34. The molecule has 108 valence electrons. The van der Waals surface area contributed by atoms with Crippen LogP contribution >= 0.6 is 11.6 Å². The minimum atomic E-state index is -0.457. The zero-order valence-corrected chi connectivity index (χ0v) is 12.8. The molecule has 0 radical (unpaired) electrons. The van der Waals surface area contributed by atoms with Crippen molar-refractivity contribution in [2.24, 2.45) is 5.92 Å². The van der Waals surface area contributed by atoms with E-state index in [1.54, 1.807) is 19.1 Å². The summed E-state index contributed by atoms with van der Waals surface area (Å²) in [6, 6.07) is 14.7. The monoisotopic (exact) mass is 300 g/mol. The Labute approximate surface area is 130 Å². The fourth-order valence-electron chi connectivity index (χ4n) is 1.60. The maximum atomic E-state index is 9.48. The van der Waals surface area contributed by atoms with Crippen LogP contribution in [0, 0.1) is 17.8 Å². The maximum absolute atomic E-state index is 9.48. The second-order valence-electron chi connectivity index (χ2n) is 4.85. The van der Waals surface area contributed by atoms with Crippen LogP contribution < -0.4 is 4.74 Å². The molecular weight excluding hydrogens is 284 g/mol. The minimum absolute atomic E-state index is 0.0893. The molecule has 2 atom stereocenters. The van der Waals surface area contributed by atoms with Gasteiger partial charge in [0.1, 0.15) is 11.5 Å². The first-order valence-electron chi connectivity index (χ1n) is 6.78. The Morgan fingerprint density at radius 1 is 1.05 bits per heavy atom. The van der Waals surface area contributed by atoms with Crippen molar-refractivity contribution in [2.75, 3.05) is 0 Å². The molecule has 0 fully saturated rings.